The molecule has 5 nitrogen and oxygen atoms in total. The number of ether oxygens (including phenoxy) is 1. The summed E-state index contributed by atoms with van der Waals surface area (Å²) in [4.78, 5) is 0.819. The Balaban J connectivity index is 2.31. The van der Waals surface area contributed by atoms with Crippen LogP contribution in [0.15, 0.2) is 41.3 Å². The van der Waals surface area contributed by atoms with E-state index in [1.165, 1.54) is 37.1 Å². The lowest BCUT2D eigenvalue weighted by atomic mass is 10.2. The number of rotatable bonds is 6. The van der Waals surface area contributed by atoms with Crippen molar-refractivity contribution in [1.29, 1.82) is 0 Å². The normalized spacial score (nSPS) is 12.0. The van der Waals surface area contributed by atoms with Gasteiger partial charge in [0.15, 0.2) is 11.5 Å². The van der Waals surface area contributed by atoms with Crippen LogP contribution in [0.5, 0.6) is 17.2 Å². The van der Waals surface area contributed by atoms with Gasteiger partial charge < -0.3 is 14.0 Å². The van der Waals surface area contributed by atoms with Crippen molar-refractivity contribution in [3.8, 4) is 17.2 Å². The fourth-order valence-electron chi connectivity index (χ4n) is 1.79. The van der Waals surface area contributed by atoms with Gasteiger partial charge in [0.2, 0.25) is 0 Å². The first-order valence-electron chi connectivity index (χ1n) is 6.83. The number of hydrogen-bond donors (Lipinski definition) is 1. The molecule has 0 saturated carbocycles. The van der Waals surface area contributed by atoms with Gasteiger partial charge in [-0.2, -0.15) is 21.6 Å². The molecule has 1 N–H and O–H groups in total. The van der Waals surface area contributed by atoms with Crippen LogP contribution in [-0.4, -0.2) is 26.1 Å². The third-order valence-corrected chi connectivity index (χ3v) is 6.27. The molecule has 0 fully saturated rings. The molecule has 2 rings (SSSR count). The van der Waals surface area contributed by atoms with Gasteiger partial charge in [0.25, 0.3) is 0 Å². The van der Waals surface area contributed by atoms with Gasteiger partial charge in [-0.1, -0.05) is 6.07 Å². The average Bonchev–Trinajstić information content (AvgIpc) is 2.56. The van der Waals surface area contributed by atoms with E-state index < -0.39 is 21.4 Å². The van der Waals surface area contributed by atoms with E-state index in [0.717, 1.165) is 4.90 Å². The van der Waals surface area contributed by atoms with Gasteiger partial charge in [0, 0.05) is 10.6 Å². The minimum absolute atomic E-state index is 0.112. The van der Waals surface area contributed by atoms with E-state index in [1.54, 1.807) is 40.8 Å². The number of aromatic hydroxyl groups is 1. The zero-order chi connectivity index (χ0) is 19.5. The van der Waals surface area contributed by atoms with E-state index in [0.29, 0.717) is 11.3 Å². The smallest absolute Gasteiger partial charge is 0.508 e. The Morgan fingerprint density at radius 3 is 2.31 bits per heavy atom. The molecule has 0 aliphatic heterocycles. The van der Waals surface area contributed by atoms with Crippen LogP contribution in [0.4, 0.5) is 13.2 Å². The second-order valence-corrected chi connectivity index (χ2v) is 8.50. The first-order chi connectivity index (χ1) is 12.0. The van der Waals surface area contributed by atoms with Crippen molar-refractivity contribution >= 4 is 44.5 Å². The number of halogens is 4. The number of phenolic OH excluding ortho intramolecular Hbond substituents is 1. The second-order valence-electron chi connectivity index (χ2n) is 4.84. The summed E-state index contributed by atoms with van der Waals surface area (Å²) in [5.74, 6) is -0.175. The number of methoxy groups -OCH3 is 1. The number of alkyl halides is 3. The molecule has 142 valence electrons. The van der Waals surface area contributed by atoms with Crippen LogP contribution in [0.1, 0.15) is 5.56 Å². The molecular weight excluding hydrogens is 508 g/mol. The summed E-state index contributed by atoms with van der Waals surface area (Å²) in [7, 11) is -4.62. The largest absolute Gasteiger partial charge is 0.534 e. The SMILES string of the molecule is COc1ccc(CSc2ccc(O)cc2)c(I)c1OS(=O)(=O)C(F)(F)F. The van der Waals surface area contributed by atoms with E-state index in [-0.39, 0.29) is 15.1 Å². The van der Waals surface area contributed by atoms with Crippen LogP contribution in [0.25, 0.3) is 0 Å². The Labute approximate surface area is 165 Å². The van der Waals surface area contributed by atoms with E-state index in [2.05, 4.69) is 4.18 Å². The van der Waals surface area contributed by atoms with Crippen molar-refractivity contribution < 1.29 is 35.6 Å². The molecule has 26 heavy (non-hydrogen) atoms. The summed E-state index contributed by atoms with van der Waals surface area (Å²) >= 11 is 3.07. The summed E-state index contributed by atoms with van der Waals surface area (Å²) in [5.41, 5.74) is -4.98. The maximum absolute atomic E-state index is 12.6. The Morgan fingerprint density at radius 1 is 1.15 bits per heavy atom. The molecule has 2 aromatic rings. The highest BCUT2D eigenvalue weighted by Gasteiger charge is 2.49. The summed E-state index contributed by atoms with van der Waals surface area (Å²) in [5, 5.41) is 9.26. The minimum Gasteiger partial charge on any atom is -0.508 e. The molecule has 0 unspecified atom stereocenters. The maximum atomic E-state index is 12.6. The molecule has 2 aromatic carbocycles. The van der Waals surface area contributed by atoms with Crippen LogP contribution < -0.4 is 8.92 Å². The molecule has 0 saturated heterocycles. The van der Waals surface area contributed by atoms with Crippen LogP contribution in [0.3, 0.4) is 0 Å². The van der Waals surface area contributed by atoms with Gasteiger partial charge in [0.05, 0.1) is 10.7 Å². The topological polar surface area (TPSA) is 72.8 Å². The number of benzene rings is 2. The Morgan fingerprint density at radius 2 is 1.77 bits per heavy atom. The van der Waals surface area contributed by atoms with E-state index in [1.807, 2.05) is 0 Å². The zero-order valence-corrected chi connectivity index (χ0v) is 16.9. The predicted octanol–water partition coefficient (Wildman–Crippen LogP) is 4.53. The first kappa shape index (κ1) is 21.0. The van der Waals surface area contributed by atoms with Crippen LogP contribution in [-0.2, 0) is 15.9 Å². The lowest BCUT2D eigenvalue weighted by molar-refractivity contribution is -0.0500. The van der Waals surface area contributed by atoms with Crippen molar-refractivity contribution in [3.63, 3.8) is 0 Å². The lowest BCUT2D eigenvalue weighted by Crippen LogP contribution is -2.28. The summed E-state index contributed by atoms with van der Waals surface area (Å²) < 4.78 is 69.9. The fourth-order valence-corrected chi connectivity index (χ4v) is 4.31. The van der Waals surface area contributed by atoms with Crippen molar-refractivity contribution in [2.24, 2.45) is 0 Å². The Bertz CT molecular complexity index is 883. The first-order valence-corrected chi connectivity index (χ1v) is 10.3. The molecule has 0 atom stereocenters. The zero-order valence-electron chi connectivity index (χ0n) is 13.1. The average molecular weight is 520 g/mol. The van der Waals surface area contributed by atoms with Gasteiger partial charge in [-0.3, -0.25) is 0 Å². The van der Waals surface area contributed by atoms with Gasteiger partial charge in [-0.25, -0.2) is 0 Å². The molecular formula is C15H12F3IO5S2. The molecule has 0 spiro atoms. The summed E-state index contributed by atoms with van der Waals surface area (Å²) in [6.45, 7) is 0. The van der Waals surface area contributed by atoms with Crippen LogP contribution in [0.2, 0.25) is 0 Å². The van der Waals surface area contributed by atoms with Crippen molar-refractivity contribution in [2.45, 2.75) is 16.2 Å². The van der Waals surface area contributed by atoms with Crippen molar-refractivity contribution in [3.05, 3.63) is 45.5 Å². The molecule has 0 aromatic heterocycles. The molecule has 0 bridgehead atoms. The lowest BCUT2D eigenvalue weighted by Gasteiger charge is -2.16. The van der Waals surface area contributed by atoms with E-state index in [9.17, 15) is 26.7 Å². The highest BCUT2D eigenvalue weighted by atomic mass is 127. The molecule has 0 aliphatic carbocycles. The molecule has 0 aliphatic rings. The third-order valence-electron chi connectivity index (χ3n) is 3.07. The minimum atomic E-state index is -5.81. The Kier molecular flexibility index (Phi) is 6.55. The van der Waals surface area contributed by atoms with Gasteiger partial charge in [-0.15, -0.1) is 11.8 Å². The monoisotopic (exact) mass is 520 g/mol. The van der Waals surface area contributed by atoms with E-state index >= 15 is 0 Å². The summed E-state index contributed by atoms with van der Waals surface area (Å²) in [6, 6.07) is 9.33. The highest BCUT2D eigenvalue weighted by molar-refractivity contribution is 14.1. The summed E-state index contributed by atoms with van der Waals surface area (Å²) in [6.07, 6.45) is 0. The van der Waals surface area contributed by atoms with Crippen LogP contribution in [0, 0.1) is 3.57 Å². The standard InChI is InChI=1S/C15H12F3IO5S2/c1-23-12-7-2-9(8-25-11-5-3-10(20)4-6-11)13(19)14(12)24-26(21,22)15(16,17)18/h2-7,20H,8H2,1H3. The third kappa shape index (κ3) is 4.88. The number of thioether (sulfide) groups is 1. The van der Waals surface area contributed by atoms with Crippen molar-refractivity contribution in [1.82, 2.24) is 0 Å². The second kappa shape index (κ2) is 8.13. The van der Waals surface area contributed by atoms with Gasteiger partial charge in [-0.05, 0) is 58.5 Å². The number of hydrogen-bond acceptors (Lipinski definition) is 6. The molecule has 0 radical (unpaired) electrons. The van der Waals surface area contributed by atoms with Crippen LogP contribution >= 0.6 is 34.4 Å². The molecule has 0 heterocycles. The van der Waals surface area contributed by atoms with Crippen molar-refractivity contribution in [2.75, 3.05) is 7.11 Å². The predicted molar refractivity (Wildman–Crippen MR) is 99.0 cm³/mol. The quantitative estimate of drug-likeness (QED) is 0.261. The van der Waals surface area contributed by atoms with Gasteiger partial charge in [0.1, 0.15) is 5.75 Å². The van der Waals surface area contributed by atoms with Gasteiger partial charge >= 0.3 is 15.6 Å². The fraction of sp³-hybridized carbons (Fsp3) is 0.200. The molecule has 0 amide bonds. The maximum Gasteiger partial charge on any atom is 0.534 e. The Hall–Kier alpha value is -1.34. The highest BCUT2D eigenvalue weighted by Crippen LogP contribution is 2.40. The number of phenols is 1. The van der Waals surface area contributed by atoms with E-state index in [4.69, 9.17) is 4.74 Å². The molecule has 11 heteroatoms.